The van der Waals surface area contributed by atoms with Gasteiger partial charge in [0.1, 0.15) is 5.82 Å². The number of nitrogen functional groups attached to an aromatic ring is 1. The van der Waals surface area contributed by atoms with Crippen molar-refractivity contribution in [2.75, 3.05) is 5.73 Å². The van der Waals surface area contributed by atoms with Gasteiger partial charge in [0.15, 0.2) is 0 Å². The number of hydrogen-bond acceptors (Lipinski definition) is 2. The molecule has 1 aromatic heterocycles. The van der Waals surface area contributed by atoms with E-state index in [1.807, 2.05) is 16.7 Å². The summed E-state index contributed by atoms with van der Waals surface area (Å²) in [7, 11) is 0. The quantitative estimate of drug-likeness (QED) is 0.764. The smallest absolute Gasteiger partial charge is 0.201 e. The van der Waals surface area contributed by atoms with Gasteiger partial charge in [-0.1, -0.05) is 24.3 Å². The van der Waals surface area contributed by atoms with Gasteiger partial charge in [0.05, 0.1) is 17.6 Å². The summed E-state index contributed by atoms with van der Waals surface area (Å²) in [5, 5.41) is 0. The van der Waals surface area contributed by atoms with Crippen LogP contribution in [0, 0.1) is 12.7 Å². The molecule has 1 heterocycles. The second kappa shape index (κ2) is 4.39. The molecule has 96 valence electrons. The topological polar surface area (TPSA) is 43.8 Å². The minimum Gasteiger partial charge on any atom is -0.369 e. The third kappa shape index (κ3) is 2.05. The van der Waals surface area contributed by atoms with Crippen molar-refractivity contribution < 1.29 is 4.39 Å². The molecule has 3 rings (SSSR count). The number of aryl methyl sites for hydroxylation is 1. The van der Waals surface area contributed by atoms with Gasteiger partial charge in [0.25, 0.3) is 0 Å². The van der Waals surface area contributed by atoms with Gasteiger partial charge in [0, 0.05) is 6.07 Å². The van der Waals surface area contributed by atoms with Crippen LogP contribution < -0.4 is 5.73 Å². The molecule has 3 aromatic rings. The van der Waals surface area contributed by atoms with Crippen LogP contribution in [0.2, 0.25) is 0 Å². The molecule has 0 aliphatic carbocycles. The summed E-state index contributed by atoms with van der Waals surface area (Å²) < 4.78 is 15.1. The summed E-state index contributed by atoms with van der Waals surface area (Å²) in [4.78, 5) is 4.20. The third-order valence-corrected chi connectivity index (χ3v) is 3.33. The lowest BCUT2D eigenvalue weighted by Crippen LogP contribution is -2.05. The van der Waals surface area contributed by atoms with E-state index in [-0.39, 0.29) is 5.82 Å². The van der Waals surface area contributed by atoms with E-state index in [1.165, 1.54) is 23.3 Å². The largest absolute Gasteiger partial charge is 0.369 e. The van der Waals surface area contributed by atoms with E-state index >= 15 is 0 Å². The van der Waals surface area contributed by atoms with Gasteiger partial charge >= 0.3 is 0 Å². The minimum absolute atomic E-state index is 0.298. The van der Waals surface area contributed by atoms with Gasteiger partial charge in [-0.15, -0.1) is 0 Å². The van der Waals surface area contributed by atoms with Crippen molar-refractivity contribution in [1.29, 1.82) is 0 Å². The van der Waals surface area contributed by atoms with Crippen molar-refractivity contribution in [3.05, 3.63) is 59.4 Å². The number of benzene rings is 2. The average molecular weight is 255 g/mol. The summed E-state index contributed by atoms with van der Waals surface area (Å²) in [6.07, 6.45) is 0. The maximum absolute atomic E-state index is 13.2. The Morgan fingerprint density at radius 2 is 2.00 bits per heavy atom. The SMILES string of the molecule is Cc1ccccc1Cn1c(N)nc2cc(F)ccc21. The predicted octanol–water partition coefficient (Wildman–Crippen LogP) is 3.11. The molecule has 0 atom stereocenters. The lowest BCUT2D eigenvalue weighted by molar-refractivity contribution is 0.629. The Labute approximate surface area is 110 Å². The van der Waals surface area contributed by atoms with E-state index in [1.54, 1.807) is 6.07 Å². The lowest BCUT2D eigenvalue weighted by atomic mass is 10.1. The predicted molar refractivity (Wildman–Crippen MR) is 74.4 cm³/mol. The zero-order valence-corrected chi connectivity index (χ0v) is 10.6. The van der Waals surface area contributed by atoms with Crippen LogP contribution in [0.25, 0.3) is 11.0 Å². The Bertz CT molecular complexity index is 746. The van der Waals surface area contributed by atoms with E-state index in [0.717, 1.165) is 5.52 Å². The highest BCUT2D eigenvalue weighted by atomic mass is 19.1. The van der Waals surface area contributed by atoms with Crippen LogP contribution in [0.4, 0.5) is 10.3 Å². The van der Waals surface area contributed by atoms with Gasteiger partial charge in [-0.3, -0.25) is 0 Å². The maximum atomic E-state index is 13.2. The van der Waals surface area contributed by atoms with Crippen molar-refractivity contribution in [1.82, 2.24) is 9.55 Å². The first kappa shape index (κ1) is 11.7. The average Bonchev–Trinajstić information content (AvgIpc) is 2.68. The van der Waals surface area contributed by atoms with Gasteiger partial charge in [-0.05, 0) is 30.2 Å². The minimum atomic E-state index is -0.298. The van der Waals surface area contributed by atoms with Gasteiger partial charge < -0.3 is 10.3 Å². The number of imidazole rings is 1. The monoisotopic (exact) mass is 255 g/mol. The zero-order valence-electron chi connectivity index (χ0n) is 10.6. The molecule has 2 aromatic carbocycles. The van der Waals surface area contributed by atoms with Gasteiger partial charge in [-0.2, -0.15) is 0 Å². The zero-order chi connectivity index (χ0) is 13.4. The fourth-order valence-corrected chi connectivity index (χ4v) is 2.25. The summed E-state index contributed by atoms with van der Waals surface area (Å²) in [5.41, 5.74) is 9.75. The highest BCUT2D eigenvalue weighted by Gasteiger charge is 2.10. The Hall–Kier alpha value is -2.36. The van der Waals surface area contributed by atoms with Crippen LogP contribution in [0.15, 0.2) is 42.5 Å². The van der Waals surface area contributed by atoms with E-state index < -0.39 is 0 Å². The summed E-state index contributed by atoms with van der Waals surface area (Å²) in [6.45, 7) is 2.70. The molecular formula is C15H14FN3. The number of fused-ring (bicyclic) bond motifs is 1. The van der Waals surface area contributed by atoms with Crippen molar-refractivity contribution in [3.8, 4) is 0 Å². The number of halogens is 1. The molecular weight excluding hydrogens is 241 g/mol. The van der Waals surface area contributed by atoms with E-state index in [4.69, 9.17) is 5.73 Å². The first-order valence-electron chi connectivity index (χ1n) is 6.11. The van der Waals surface area contributed by atoms with E-state index in [9.17, 15) is 4.39 Å². The molecule has 0 saturated heterocycles. The summed E-state index contributed by atoms with van der Waals surface area (Å²) in [5.74, 6) is 0.108. The molecule has 0 bridgehead atoms. The highest BCUT2D eigenvalue weighted by Crippen LogP contribution is 2.21. The number of nitrogens with zero attached hydrogens (tertiary/aromatic N) is 2. The number of aromatic nitrogens is 2. The van der Waals surface area contributed by atoms with E-state index in [2.05, 4.69) is 24.0 Å². The first-order valence-corrected chi connectivity index (χ1v) is 6.11. The van der Waals surface area contributed by atoms with Crippen LogP contribution in [0.1, 0.15) is 11.1 Å². The van der Waals surface area contributed by atoms with Crippen molar-refractivity contribution in [2.24, 2.45) is 0 Å². The van der Waals surface area contributed by atoms with Crippen molar-refractivity contribution in [2.45, 2.75) is 13.5 Å². The highest BCUT2D eigenvalue weighted by molar-refractivity contribution is 5.78. The number of nitrogens with two attached hydrogens (primary N) is 1. The molecule has 2 N–H and O–H groups in total. The lowest BCUT2D eigenvalue weighted by Gasteiger charge is -2.09. The number of hydrogen-bond donors (Lipinski definition) is 1. The normalized spacial score (nSPS) is 11.1. The van der Waals surface area contributed by atoms with Crippen LogP contribution >= 0.6 is 0 Å². The van der Waals surface area contributed by atoms with E-state index in [0.29, 0.717) is 18.0 Å². The molecule has 0 aliphatic rings. The van der Waals surface area contributed by atoms with Crippen molar-refractivity contribution >= 4 is 17.0 Å². The summed E-state index contributed by atoms with van der Waals surface area (Å²) in [6, 6.07) is 12.7. The molecule has 0 fully saturated rings. The molecule has 4 heteroatoms. The number of rotatable bonds is 2. The second-order valence-corrected chi connectivity index (χ2v) is 4.62. The third-order valence-electron chi connectivity index (χ3n) is 3.33. The molecule has 0 saturated carbocycles. The maximum Gasteiger partial charge on any atom is 0.201 e. The standard InChI is InChI=1S/C15H14FN3/c1-10-4-2-3-5-11(10)9-19-14-7-6-12(16)8-13(14)18-15(19)17/h2-8H,9H2,1H3,(H2,17,18). The molecule has 0 radical (unpaired) electrons. The number of anilines is 1. The Morgan fingerprint density at radius 1 is 1.21 bits per heavy atom. The van der Waals surface area contributed by atoms with Crippen LogP contribution in [-0.4, -0.2) is 9.55 Å². The van der Waals surface area contributed by atoms with Crippen LogP contribution in [0.5, 0.6) is 0 Å². The molecule has 0 unspecified atom stereocenters. The van der Waals surface area contributed by atoms with Crippen LogP contribution in [0.3, 0.4) is 0 Å². The molecule has 0 spiro atoms. The molecule has 3 nitrogen and oxygen atoms in total. The van der Waals surface area contributed by atoms with Crippen molar-refractivity contribution in [3.63, 3.8) is 0 Å². The molecule has 0 amide bonds. The molecule has 19 heavy (non-hydrogen) atoms. The fourth-order valence-electron chi connectivity index (χ4n) is 2.25. The van der Waals surface area contributed by atoms with Crippen LogP contribution in [-0.2, 0) is 6.54 Å². The Morgan fingerprint density at radius 3 is 2.79 bits per heavy atom. The van der Waals surface area contributed by atoms with Gasteiger partial charge in [0.2, 0.25) is 5.95 Å². The molecule has 0 aliphatic heterocycles. The fraction of sp³-hybridized carbons (Fsp3) is 0.133. The first-order chi connectivity index (χ1) is 9.15. The van der Waals surface area contributed by atoms with Gasteiger partial charge in [-0.25, -0.2) is 9.37 Å². The second-order valence-electron chi connectivity index (χ2n) is 4.62. The Kier molecular flexibility index (Phi) is 2.71. The Balaban J connectivity index is 2.10. The summed E-state index contributed by atoms with van der Waals surface area (Å²) >= 11 is 0.